The molecule has 0 saturated carbocycles. The van der Waals surface area contributed by atoms with E-state index in [0.717, 1.165) is 5.56 Å². The van der Waals surface area contributed by atoms with Gasteiger partial charge >= 0.3 is 0 Å². The zero-order chi connectivity index (χ0) is 18.9. The number of hydrogen-bond donors (Lipinski definition) is 0. The third-order valence-electron chi connectivity index (χ3n) is 5.61. The number of piperazine rings is 1. The monoisotopic (exact) mass is 357 g/mol. The maximum absolute atomic E-state index is 13.0. The van der Waals surface area contributed by atoms with E-state index in [-0.39, 0.29) is 30.2 Å². The molecule has 0 N–H and O–H groups in total. The Morgan fingerprint density at radius 2 is 1.69 bits per heavy atom. The van der Waals surface area contributed by atoms with Crippen LogP contribution in [0.3, 0.4) is 0 Å². The summed E-state index contributed by atoms with van der Waals surface area (Å²) in [5.41, 5.74) is 0.421. The lowest BCUT2D eigenvalue weighted by Gasteiger charge is -2.40. The van der Waals surface area contributed by atoms with E-state index in [1.54, 1.807) is 0 Å². The van der Waals surface area contributed by atoms with Crippen molar-refractivity contribution in [2.24, 2.45) is 0 Å². The minimum absolute atomic E-state index is 0.0915. The highest BCUT2D eigenvalue weighted by Crippen LogP contribution is 2.27. The van der Waals surface area contributed by atoms with Crippen molar-refractivity contribution in [3.05, 3.63) is 35.9 Å². The molecule has 2 fully saturated rings. The van der Waals surface area contributed by atoms with E-state index >= 15 is 0 Å². The predicted octanol–water partition coefficient (Wildman–Crippen LogP) is 1.26. The minimum atomic E-state index is -0.582. The van der Waals surface area contributed by atoms with Gasteiger partial charge in [0, 0.05) is 32.7 Å². The quantitative estimate of drug-likeness (QED) is 0.761. The summed E-state index contributed by atoms with van der Waals surface area (Å²) < 4.78 is 0. The van der Waals surface area contributed by atoms with Gasteiger partial charge in [0.15, 0.2) is 0 Å². The molecule has 0 unspecified atom stereocenters. The van der Waals surface area contributed by atoms with Gasteiger partial charge in [0.2, 0.25) is 17.7 Å². The zero-order valence-electron chi connectivity index (χ0n) is 15.8. The van der Waals surface area contributed by atoms with Gasteiger partial charge in [-0.25, -0.2) is 0 Å². The van der Waals surface area contributed by atoms with Gasteiger partial charge in [0.05, 0.1) is 17.9 Å². The Kier molecular flexibility index (Phi) is 5.14. The van der Waals surface area contributed by atoms with Crippen LogP contribution in [0.15, 0.2) is 30.3 Å². The molecule has 140 valence electrons. The highest BCUT2D eigenvalue weighted by atomic mass is 16.2. The summed E-state index contributed by atoms with van der Waals surface area (Å²) in [5, 5.41) is 0. The van der Waals surface area contributed by atoms with Crippen molar-refractivity contribution in [2.75, 3.05) is 32.7 Å². The SMILES string of the molecule is CCN1C(=O)C[C@H](N2CCN(C(=O)C(C)(C)c3ccccc3)CC2)C1=O. The van der Waals surface area contributed by atoms with Crippen LogP contribution in [0.1, 0.15) is 32.8 Å². The first kappa shape index (κ1) is 18.6. The van der Waals surface area contributed by atoms with Crippen molar-refractivity contribution in [2.45, 2.75) is 38.6 Å². The van der Waals surface area contributed by atoms with Crippen LogP contribution < -0.4 is 0 Å². The Labute approximate surface area is 154 Å². The topological polar surface area (TPSA) is 60.9 Å². The van der Waals surface area contributed by atoms with Gasteiger partial charge < -0.3 is 4.90 Å². The first-order valence-electron chi connectivity index (χ1n) is 9.29. The van der Waals surface area contributed by atoms with Crippen molar-refractivity contribution in [3.8, 4) is 0 Å². The number of likely N-dealkylation sites (N-methyl/N-ethyl adjacent to an activating group) is 1. The van der Waals surface area contributed by atoms with E-state index in [4.69, 9.17) is 0 Å². The third kappa shape index (κ3) is 3.26. The molecule has 6 nitrogen and oxygen atoms in total. The number of nitrogens with zero attached hydrogens (tertiary/aromatic N) is 3. The molecule has 0 spiro atoms. The maximum Gasteiger partial charge on any atom is 0.247 e. The molecule has 0 aromatic heterocycles. The van der Waals surface area contributed by atoms with Gasteiger partial charge in [-0.15, -0.1) is 0 Å². The van der Waals surface area contributed by atoms with Crippen molar-refractivity contribution in [1.82, 2.24) is 14.7 Å². The minimum Gasteiger partial charge on any atom is -0.339 e. The van der Waals surface area contributed by atoms with Gasteiger partial charge in [0.1, 0.15) is 0 Å². The number of carbonyl (C=O) groups is 3. The van der Waals surface area contributed by atoms with Crippen LogP contribution in [0.5, 0.6) is 0 Å². The molecule has 26 heavy (non-hydrogen) atoms. The largest absolute Gasteiger partial charge is 0.339 e. The Bertz CT molecular complexity index is 694. The van der Waals surface area contributed by atoms with E-state index < -0.39 is 5.41 Å². The summed E-state index contributed by atoms with van der Waals surface area (Å²) in [6.45, 7) is 8.57. The molecule has 3 rings (SSSR count). The van der Waals surface area contributed by atoms with Crippen LogP contribution in [0.4, 0.5) is 0 Å². The van der Waals surface area contributed by atoms with Gasteiger partial charge in [-0.2, -0.15) is 0 Å². The molecule has 0 aliphatic carbocycles. The molecule has 0 bridgehead atoms. The second kappa shape index (κ2) is 7.19. The summed E-state index contributed by atoms with van der Waals surface area (Å²) in [7, 11) is 0. The normalized spacial score (nSPS) is 22.2. The highest BCUT2D eigenvalue weighted by molar-refractivity contribution is 6.05. The predicted molar refractivity (Wildman–Crippen MR) is 98.4 cm³/mol. The fraction of sp³-hybridized carbons (Fsp3) is 0.550. The van der Waals surface area contributed by atoms with Crippen LogP contribution in [0.2, 0.25) is 0 Å². The van der Waals surface area contributed by atoms with Gasteiger partial charge in [-0.3, -0.25) is 24.2 Å². The fourth-order valence-corrected chi connectivity index (χ4v) is 3.89. The number of rotatable bonds is 4. The van der Waals surface area contributed by atoms with E-state index in [9.17, 15) is 14.4 Å². The Morgan fingerprint density at radius 3 is 2.23 bits per heavy atom. The van der Waals surface area contributed by atoms with E-state index in [1.807, 2.05) is 56.0 Å². The van der Waals surface area contributed by atoms with Gasteiger partial charge in [0.25, 0.3) is 0 Å². The van der Waals surface area contributed by atoms with Crippen molar-refractivity contribution >= 4 is 17.7 Å². The average molecular weight is 357 g/mol. The van der Waals surface area contributed by atoms with Crippen LogP contribution in [-0.2, 0) is 19.8 Å². The van der Waals surface area contributed by atoms with Gasteiger partial charge in [-0.1, -0.05) is 30.3 Å². The molecule has 2 heterocycles. The molecule has 1 atom stereocenters. The molecule has 3 amide bonds. The number of hydrogen-bond acceptors (Lipinski definition) is 4. The Morgan fingerprint density at radius 1 is 1.08 bits per heavy atom. The van der Waals surface area contributed by atoms with E-state index in [0.29, 0.717) is 32.7 Å². The lowest BCUT2D eigenvalue weighted by molar-refractivity contribution is -0.140. The Balaban J connectivity index is 1.63. The standard InChI is InChI=1S/C20H27N3O3/c1-4-23-17(24)14-16(18(23)25)21-10-12-22(13-11-21)19(26)20(2,3)15-8-6-5-7-9-15/h5-9,16H,4,10-14H2,1-3H3/t16-/m0/s1. The number of imide groups is 1. The van der Waals surface area contributed by atoms with Crippen molar-refractivity contribution in [1.29, 1.82) is 0 Å². The zero-order valence-corrected chi connectivity index (χ0v) is 15.8. The molecule has 1 aromatic rings. The van der Waals surface area contributed by atoms with Crippen molar-refractivity contribution < 1.29 is 14.4 Å². The molecular weight excluding hydrogens is 330 g/mol. The van der Waals surface area contributed by atoms with Crippen LogP contribution in [-0.4, -0.2) is 71.2 Å². The lowest BCUT2D eigenvalue weighted by Crippen LogP contribution is -2.56. The molecule has 1 aromatic carbocycles. The molecule has 6 heteroatoms. The summed E-state index contributed by atoms with van der Waals surface area (Å²) in [4.78, 5) is 42.6. The number of carbonyl (C=O) groups excluding carboxylic acids is 3. The van der Waals surface area contributed by atoms with Crippen LogP contribution in [0.25, 0.3) is 0 Å². The molecular formula is C20H27N3O3. The summed E-state index contributed by atoms with van der Waals surface area (Å²) in [6, 6.07) is 9.45. The van der Waals surface area contributed by atoms with Crippen LogP contribution in [0, 0.1) is 0 Å². The average Bonchev–Trinajstić information content (AvgIpc) is 2.95. The Hall–Kier alpha value is -2.21. The molecule has 2 aliphatic heterocycles. The second-order valence-electron chi connectivity index (χ2n) is 7.52. The molecule has 2 aliphatic rings. The number of amides is 3. The fourth-order valence-electron chi connectivity index (χ4n) is 3.89. The maximum atomic E-state index is 13.0. The van der Waals surface area contributed by atoms with Crippen LogP contribution >= 0.6 is 0 Å². The first-order chi connectivity index (χ1) is 12.4. The molecule has 2 saturated heterocycles. The second-order valence-corrected chi connectivity index (χ2v) is 7.52. The number of benzene rings is 1. The lowest BCUT2D eigenvalue weighted by atomic mass is 9.83. The third-order valence-corrected chi connectivity index (χ3v) is 5.61. The van der Waals surface area contributed by atoms with Crippen molar-refractivity contribution in [3.63, 3.8) is 0 Å². The van der Waals surface area contributed by atoms with Gasteiger partial charge in [-0.05, 0) is 26.3 Å². The van der Waals surface area contributed by atoms with E-state index in [1.165, 1.54) is 4.90 Å². The smallest absolute Gasteiger partial charge is 0.247 e. The molecule has 0 radical (unpaired) electrons. The summed E-state index contributed by atoms with van der Waals surface area (Å²) >= 11 is 0. The summed E-state index contributed by atoms with van der Waals surface area (Å²) in [5.74, 6) is -0.0829. The van der Waals surface area contributed by atoms with E-state index in [2.05, 4.69) is 4.90 Å². The number of likely N-dealkylation sites (tertiary alicyclic amines) is 1. The summed E-state index contributed by atoms with van der Waals surface area (Å²) in [6.07, 6.45) is 0.260. The highest BCUT2D eigenvalue weighted by Gasteiger charge is 2.43. The first-order valence-corrected chi connectivity index (χ1v) is 9.29.